The van der Waals surface area contributed by atoms with Crippen molar-refractivity contribution in [2.45, 2.75) is 6.54 Å². The Morgan fingerprint density at radius 1 is 1.38 bits per heavy atom. The molecule has 0 spiro atoms. The molecule has 21 heavy (non-hydrogen) atoms. The minimum atomic E-state index is -1.05. The minimum Gasteiger partial charge on any atom is -0.478 e. The van der Waals surface area contributed by atoms with Crippen molar-refractivity contribution in [3.05, 3.63) is 57.0 Å². The number of anilines is 1. The van der Waals surface area contributed by atoms with E-state index in [4.69, 9.17) is 16.7 Å². The highest BCUT2D eigenvalue weighted by molar-refractivity contribution is 6.31. The van der Waals surface area contributed by atoms with Crippen LogP contribution in [0.25, 0.3) is 0 Å². The first-order valence-electron chi connectivity index (χ1n) is 6.14. The van der Waals surface area contributed by atoms with Crippen LogP contribution in [0.2, 0.25) is 5.02 Å². The average molecular weight is 308 g/mol. The third kappa shape index (κ3) is 3.41. The van der Waals surface area contributed by atoms with Gasteiger partial charge >= 0.3 is 5.97 Å². The highest BCUT2D eigenvalue weighted by Gasteiger charge is 2.09. The van der Waals surface area contributed by atoms with E-state index in [2.05, 4.69) is 5.10 Å². The van der Waals surface area contributed by atoms with Crippen LogP contribution in [0.1, 0.15) is 15.9 Å². The summed E-state index contributed by atoms with van der Waals surface area (Å²) in [6, 6.07) is 5.87. The lowest BCUT2D eigenvalue weighted by Gasteiger charge is -2.13. The summed E-state index contributed by atoms with van der Waals surface area (Å²) in [5.41, 5.74) is 1.20. The molecule has 0 aliphatic carbocycles. The highest BCUT2D eigenvalue weighted by atomic mass is 35.5. The molecule has 0 aliphatic rings. The zero-order valence-electron chi connectivity index (χ0n) is 11.6. The Balaban J connectivity index is 2.30. The second kappa shape index (κ2) is 5.97. The summed E-state index contributed by atoms with van der Waals surface area (Å²) in [7, 11) is 3.64. The molecule has 110 valence electrons. The summed E-state index contributed by atoms with van der Waals surface area (Å²) in [5.74, 6) is -1.05. The Kier molecular flexibility index (Phi) is 4.28. The monoisotopic (exact) mass is 307 g/mol. The Labute approximate surface area is 126 Å². The molecule has 6 nitrogen and oxygen atoms in total. The number of rotatable bonds is 4. The number of hydrogen-bond acceptors (Lipinski definition) is 4. The Hall–Kier alpha value is -2.34. The van der Waals surface area contributed by atoms with Crippen molar-refractivity contribution in [3.63, 3.8) is 0 Å². The van der Waals surface area contributed by atoms with E-state index in [0.29, 0.717) is 16.3 Å². The fourth-order valence-electron chi connectivity index (χ4n) is 1.76. The fraction of sp³-hybridized carbons (Fsp3) is 0.214. The van der Waals surface area contributed by atoms with E-state index in [9.17, 15) is 9.59 Å². The van der Waals surface area contributed by atoms with E-state index >= 15 is 0 Å². The van der Waals surface area contributed by atoms with Crippen LogP contribution >= 0.6 is 11.6 Å². The van der Waals surface area contributed by atoms with Crippen LogP contribution in [-0.4, -0.2) is 35.0 Å². The molecule has 0 saturated heterocycles. The molecular formula is C14H14ClN3O3. The van der Waals surface area contributed by atoms with E-state index in [0.717, 1.165) is 0 Å². The summed E-state index contributed by atoms with van der Waals surface area (Å²) in [4.78, 5) is 24.6. The summed E-state index contributed by atoms with van der Waals surface area (Å²) < 4.78 is 1.27. The van der Waals surface area contributed by atoms with Crippen molar-refractivity contribution in [2.75, 3.05) is 19.0 Å². The SMILES string of the molecule is CN(C)c1cnn(Cc2ccc(C(=O)O)cc2Cl)c(=O)c1. The van der Waals surface area contributed by atoms with Crippen molar-refractivity contribution >= 4 is 23.3 Å². The lowest BCUT2D eigenvalue weighted by Crippen LogP contribution is -2.24. The summed E-state index contributed by atoms with van der Waals surface area (Å²) in [6.07, 6.45) is 1.58. The van der Waals surface area contributed by atoms with Gasteiger partial charge in [-0.3, -0.25) is 4.79 Å². The van der Waals surface area contributed by atoms with Gasteiger partial charge in [0, 0.05) is 25.2 Å². The first-order chi connectivity index (χ1) is 9.88. The normalized spacial score (nSPS) is 10.4. The van der Waals surface area contributed by atoms with Crippen LogP contribution in [0, 0.1) is 0 Å². The quantitative estimate of drug-likeness (QED) is 0.930. The molecule has 1 N–H and O–H groups in total. The second-order valence-electron chi connectivity index (χ2n) is 4.72. The fourth-order valence-corrected chi connectivity index (χ4v) is 2.00. The number of carboxylic acids is 1. The Morgan fingerprint density at radius 3 is 2.62 bits per heavy atom. The molecule has 0 unspecified atom stereocenters. The molecule has 1 heterocycles. The predicted molar refractivity (Wildman–Crippen MR) is 80.3 cm³/mol. The summed E-state index contributed by atoms with van der Waals surface area (Å²) >= 11 is 6.04. The van der Waals surface area contributed by atoms with Gasteiger partial charge in [0.1, 0.15) is 0 Å². The van der Waals surface area contributed by atoms with Crippen LogP contribution in [0.15, 0.2) is 35.3 Å². The van der Waals surface area contributed by atoms with Gasteiger partial charge in [-0.05, 0) is 17.7 Å². The van der Waals surface area contributed by atoms with Crippen molar-refractivity contribution in [1.82, 2.24) is 9.78 Å². The molecule has 0 fully saturated rings. The van der Waals surface area contributed by atoms with Gasteiger partial charge in [-0.1, -0.05) is 17.7 Å². The first-order valence-corrected chi connectivity index (χ1v) is 6.52. The zero-order valence-corrected chi connectivity index (χ0v) is 12.3. The van der Waals surface area contributed by atoms with Crippen LogP contribution in [0.4, 0.5) is 5.69 Å². The third-order valence-electron chi connectivity index (χ3n) is 2.99. The molecule has 2 aromatic rings. The van der Waals surface area contributed by atoms with Crippen LogP contribution in [0.5, 0.6) is 0 Å². The smallest absolute Gasteiger partial charge is 0.335 e. The van der Waals surface area contributed by atoms with Crippen LogP contribution < -0.4 is 10.5 Å². The number of aromatic carboxylic acids is 1. The lowest BCUT2D eigenvalue weighted by molar-refractivity contribution is 0.0697. The topological polar surface area (TPSA) is 75.4 Å². The van der Waals surface area contributed by atoms with E-state index < -0.39 is 5.97 Å². The van der Waals surface area contributed by atoms with Crippen LogP contribution in [0.3, 0.4) is 0 Å². The minimum absolute atomic E-state index is 0.104. The number of aromatic nitrogens is 2. The second-order valence-corrected chi connectivity index (χ2v) is 5.12. The van der Waals surface area contributed by atoms with Gasteiger partial charge in [0.2, 0.25) is 0 Å². The van der Waals surface area contributed by atoms with E-state index in [-0.39, 0.29) is 17.7 Å². The van der Waals surface area contributed by atoms with E-state index in [1.165, 1.54) is 22.9 Å². The Morgan fingerprint density at radius 2 is 2.10 bits per heavy atom. The molecule has 2 rings (SSSR count). The molecule has 7 heteroatoms. The predicted octanol–water partition coefficient (Wildman–Crippen LogP) is 1.71. The molecule has 0 amide bonds. The van der Waals surface area contributed by atoms with Gasteiger partial charge < -0.3 is 10.0 Å². The molecule has 1 aromatic carbocycles. The van der Waals surface area contributed by atoms with Gasteiger partial charge in [-0.15, -0.1) is 0 Å². The van der Waals surface area contributed by atoms with Crippen molar-refractivity contribution < 1.29 is 9.90 Å². The molecule has 0 radical (unpaired) electrons. The van der Waals surface area contributed by atoms with E-state index in [1.807, 2.05) is 14.1 Å². The number of nitrogens with zero attached hydrogens (tertiary/aromatic N) is 3. The molecule has 0 saturated carbocycles. The molecular weight excluding hydrogens is 294 g/mol. The number of benzene rings is 1. The third-order valence-corrected chi connectivity index (χ3v) is 3.34. The standard InChI is InChI=1S/C14H14ClN3O3/c1-17(2)11-6-13(19)18(16-7-11)8-10-4-3-9(14(20)21)5-12(10)15/h3-7H,8H2,1-2H3,(H,20,21). The summed E-state index contributed by atoms with van der Waals surface area (Å²) in [5, 5.41) is 13.3. The average Bonchev–Trinajstić information content (AvgIpc) is 2.42. The summed E-state index contributed by atoms with van der Waals surface area (Å²) in [6.45, 7) is 0.186. The number of carbonyl (C=O) groups is 1. The molecule has 0 aliphatic heterocycles. The number of carboxylic acid groups (broad SMARTS) is 1. The van der Waals surface area contributed by atoms with Crippen molar-refractivity contribution in [3.8, 4) is 0 Å². The number of halogens is 1. The van der Waals surface area contributed by atoms with E-state index in [1.54, 1.807) is 17.2 Å². The first kappa shape index (κ1) is 15.1. The van der Waals surface area contributed by atoms with Gasteiger partial charge in [-0.2, -0.15) is 5.10 Å². The maximum absolute atomic E-state index is 12.0. The lowest BCUT2D eigenvalue weighted by atomic mass is 10.1. The maximum atomic E-state index is 12.0. The van der Waals surface area contributed by atoms with Gasteiger partial charge in [0.15, 0.2) is 0 Å². The molecule has 1 aromatic heterocycles. The van der Waals surface area contributed by atoms with Crippen molar-refractivity contribution in [1.29, 1.82) is 0 Å². The van der Waals surface area contributed by atoms with Gasteiger partial charge in [0.05, 0.1) is 24.0 Å². The number of hydrogen-bond donors (Lipinski definition) is 1. The Bertz CT molecular complexity index is 740. The van der Waals surface area contributed by atoms with Crippen LogP contribution in [-0.2, 0) is 6.54 Å². The maximum Gasteiger partial charge on any atom is 0.335 e. The van der Waals surface area contributed by atoms with Gasteiger partial charge in [-0.25, -0.2) is 9.48 Å². The highest BCUT2D eigenvalue weighted by Crippen LogP contribution is 2.18. The zero-order chi connectivity index (χ0) is 15.6. The molecule has 0 bridgehead atoms. The van der Waals surface area contributed by atoms with Crippen molar-refractivity contribution in [2.24, 2.45) is 0 Å². The van der Waals surface area contributed by atoms with Gasteiger partial charge in [0.25, 0.3) is 5.56 Å². The largest absolute Gasteiger partial charge is 0.478 e. The molecule has 0 atom stereocenters.